The van der Waals surface area contributed by atoms with Gasteiger partial charge < -0.3 is 9.30 Å². The van der Waals surface area contributed by atoms with Gasteiger partial charge >= 0.3 is 5.97 Å². The lowest BCUT2D eigenvalue weighted by Gasteiger charge is -2.04. The molecule has 2 aromatic carbocycles. The SMILES string of the molecule is COC(=O)c1ccc(C(=O)NC(=S)N=c2sc3ccccc3n2C)cc1. The molecule has 26 heavy (non-hydrogen) atoms. The number of rotatable bonds is 2. The van der Waals surface area contributed by atoms with E-state index in [1.54, 1.807) is 0 Å². The van der Waals surface area contributed by atoms with Crippen molar-refractivity contribution < 1.29 is 14.3 Å². The highest BCUT2D eigenvalue weighted by atomic mass is 32.1. The summed E-state index contributed by atoms with van der Waals surface area (Å²) in [4.78, 5) is 28.7. The third-order valence-electron chi connectivity index (χ3n) is 3.70. The Balaban J connectivity index is 1.77. The van der Waals surface area contributed by atoms with E-state index in [4.69, 9.17) is 12.2 Å². The summed E-state index contributed by atoms with van der Waals surface area (Å²) in [6, 6.07) is 14.0. The van der Waals surface area contributed by atoms with Gasteiger partial charge in [-0.2, -0.15) is 4.99 Å². The van der Waals surface area contributed by atoms with E-state index in [2.05, 4.69) is 15.0 Å². The van der Waals surface area contributed by atoms with Gasteiger partial charge in [-0.25, -0.2) is 4.79 Å². The van der Waals surface area contributed by atoms with Crippen LogP contribution in [0.5, 0.6) is 0 Å². The number of aryl methyl sites for hydroxylation is 1. The Bertz CT molecular complexity index is 1070. The molecule has 3 rings (SSSR count). The van der Waals surface area contributed by atoms with Crippen LogP contribution in [0.25, 0.3) is 10.2 Å². The van der Waals surface area contributed by atoms with E-state index in [9.17, 15) is 9.59 Å². The number of para-hydroxylation sites is 1. The molecule has 0 radical (unpaired) electrons. The Kier molecular flexibility index (Phi) is 5.24. The topological polar surface area (TPSA) is 72.7 Å². The van der Waals surface area contributed by atoms with Crippen molar-refractivity contribution in [1.82, 2.24) is 9.88 Å². The number of nitrogens with zero attached hydrogens (tertiary/aromatic N) is 2. The molecular formula is C18H15N3O3S2. The minimum atomic E-state index is -0.459. The average Bonchev–Trinajstić information content (AvgIpc) is 2.97. The third-order valence-corrected chi connectivity index (χ3v) is 5.01. The van der Waals surface area contributed by atoms with Crippen molar-refractivity contribution in [2.75, 3.05) is 7.11 Å². The molecule has 0 spiro atoms. The maximum Gasteiger partial charge on any atom is 0.337 e. The number of hydrogen-bond donors (Lipinski definition) is 1. The Hall–Kier alpha value is -2.84. The zero-order valence-corrected chi connectivity index (χ0v) is 15.7. The highest BCUT2D eigenvalue weighted by molar-refractivity contribution is 7.80. The molecule has 0 saturated heterocycles. The molecule has 0 aliphatic rings. The van der Waals surface area contributed by atoms with Crippen molar-refractivity contribution in [3.05, 3.63) is 64.5 Å². The number of nitrogens with one attached hydrogen (secondary N) is 1. The number of aromatic nitrogens is 1. The first-order valence-corrected chi connectivity index (χ1v) is 8.85. The normalized spacial score (nSPS) is 11.4. The summed E-state index contributed by atoms with van der Waals surface area (Å²) in [6.07, 6.45) is 0. The van der Waals surface area contributed by atoms with Crippen molar-refractivity contribution in [3.63, 3.8) is 0 Å². The van der Waals surface area contributed by atoms with E-state index in [1.807, 2.05) is 35.9 Å². The van der Waals surface area contributed by atoms with Gasteiger partial charge in [0.25, 0.3) is 5.91 Å². The largest absolute Gasteiger partial charge is 0.465 e. The lowest BCUT2D eigenvalue weighted by atomic mass is 10.1. The predicted octanol–water partition coefficient (Wildman–Crippen LogP) is 2.64. The second-order valence-electron chi connectivity index (χ2n) is 5.35. The van der Waals surface area contributed by atoms with Crippen LogP contribution >= 0.6 is 23.6 Å². The fraction of sp³-hybridized carbons (Fsp3) is 0.111. The summed E-state index contributed by atoms with van der Waals surface area (Å²) in [6.45, 7) is 0. The van der Waals surface area contributed by atoms with Crippen molar-refractivity contribution in [1.29, 1.82) is 0 Å². The van der Waals surface area contributed by atoms with Crippen LogP contribution in [0.1, 0.15) is 20.7 Å². The number of fused-ring (bicyclic) bond motifs is 1. The standard InChI is InChI=1S/C18H15N3O3S2/c1-21-13-5-3-4-6-14(13)26-18(21)20-17(25)19-15(22)11-7-9-12(10-8-11)16(23)24-2/h3-10H,1-2H3,(H,19,22,25). The number of benzene rings is 2. The van der Waals surface area contributed by atoms with Crippen LogP contribution in [-0.2, 0) is 11.8 Å². The summed E-state index contributed by atoms with van der Waals surface area (Å²) < 4.78 is 7.63. The zero-order chi connectivity index (χ0) is 18.7. The maximum atomic E-state index is 12.3. The van der Waals surface area contributed by atoms with Gasteiger partial charge in [0.1, 0.15) is 0 Å². The molecule has 1 heterocycles. The maximum absolute atomic E-state index is 12.3. The Morgan fingerprint density at radius 3 is 2.42 bits per heavy atom. The van der Waals surface area contributed by atoms with Crippen LogP contribution in [-0.4, -0.2) is 28.7 Å². The Morgan fingerprint density at radius 2 is 1.77 bits per heavy atom. The van der Waals surface area contributed by atoms with Crippen molar-refractivity contribution in [2.45, 2.75) is 0 Å². The summed E-state index contributed by atoms with van der Waals surface area (Å²) >= 11 is 6.67. The van der Waals surface area contributed by atoms with Gasteiger partial charge in [0, 0.05) is 12.6 Å². The van der Waals surface area contributed by atoms with E-state index < -0.39 is 5.97 Å². The van der Waals surface area contributed by atoms with Crippen molar-refractivity contribution in [2.24, 2.45) is 12.0 Å². The molecule has 8 heteroatoms. The van der Waals surface area contributed by atoms with Crippen LogP contribution in [0, 0.1) is 0 Å². The lowest BCUT2D eigenvalue weighted by Crippen LogP contribution is -2.29. The van der Waals surface area contributed by atoms with Crippen LogP contribution < -0.4 is 10.1 Å². The molecule has 1 amide bonds. The number of hydrogen-bond acceptors (Lipinski definition) is 5. The van der Waals surface area contributed by atoms with Gasteiger partial charge in [-0.3, -0.25) is 10.1 Å². The number of ether oxygens (including phenoxy) is 1. The van der Waals surface area contributed by atoms with E-state index in [1.165, 1.54) is 42.7 Å². The molecule has 1 aromatic heterocycles. The molecule has 1 N–H and O–H groups in total. The molecule has 0 aliphatic heterocycles. The monoisotopic (exact) mass is 385 g/mol. The second-order valence-corrected chi connectivity index (χ2v) is 6.75. The average molecular weight is 385 g/mol. The van der Waals surface area contributed by atoms with Crippen molar-refractivity contribution in [3.8, 4) is 0 Å². The quantitative estimate of drug-likeness (QED) is 0.544. The number of thiazole rings is 1. The van der Waals surface area contributed by atoms with E-state index >= 15 is 0 Å². The Labute approximate surface area is 158 Å². The zero-order valence-electron chi connectivity index (χ0n) is 14.1. The lowest BCUT2D eigenvalue weighted by molar-refractivity contribution is 0.0600. The van der Waals surface area contributed by atoms with Gasteiger partial charge in [-0.15, -0.1) is 0 Å². The van der Waals surface area contributed by atoms with Crippen LogP contribution in [0.2, 0.25) is 0 Å². The molecule has 3 aromatic rings. The molecule has 6 nitrogen and oxygen atoms in total. The molecule has 0 bridgehead atoms. The smallest absolute Gasteiger partial charge is 0.337 e. The molecular weight excluding hydrogens is 370 g/mol. The third kappa shape index (κ3) is 3.71. The van der Waals surface area contributed by atoms with E-state index in [-0.39, 0.29) is 11.0 Å². The van der Waals surface area contributed by atoms with Crippen LogP contribution in [0.15, 0.2) is 53.5 Å². The minimum absolute atomic E-state index is 0.0780. The van der Waals surface area contributed by atoms with Crippen molar-refractivity contribution >= 4 is 50.8 Å². The van der Waals surface area contributed by atoms with Gasteiger partial charge in [0.2, 0.25) is 5.11 Å². The number of amides is 1. The molecule has 0 aliphatic carbocycles. The molecule has 0 atom stereocenters. The minimum Gasteiger partial charge on any atom is -0.465 e. The van der Waals surface area contributed by atoms with Gasteiger partial charge in [-0.1, -0.05) is 23.5 Å². The van der Waals surface area contributed by atoms with Crippen LogP contribution in [0.3, 0.4) is 0 Å². The fourth-order valence-corrected chi connectivity index (χ4v) is 3.61. The van der Waals surface area contributed by atoms with Gasteiger partial charge in [-0.05, 0) is 48.6 Å². The molecule has 0 saturated carbocycles. The fourth-order valence-electron chi connectivity index (χ4n) is 2.35. The Morgan fingerprint density at radius 1 is 1.12 bits per heavy atom. The first-order chi connectivity index (χ1) is 12.5. The predicted molar refractivity (Wildman–Crippen MR) is 104 cm³/mol. The summed E-state index contributed by atoms with van der Waals surface area (Å²) in [5.74, 6) is -0.848. The highest BCUT2D eigenvalue weighted by Crippen LogP contribution is 2.15. The van der Waals surface area contributed by atoms with E-state index in [0.717, 1.165) is 10.2 Å². The number of esters is 1. The summed E-state index contributed by atoms with van der Waals surface area (Å²) in [5, 5.41) is 2.66. The van der Waals surface area contributed by atoms with Gasteiger partial charge in [0.15, 0.2) is 4.80 Å². The molecule has 0 unspecified atom stereocenters. The second kappa shape index (κ2) is 7.59. The number of thiocarbonyl (C=S) groups is 1. The number of carbonyl (C=O) groups is 2. The summed E-state index contributed by atoms with van der Waals surface area (Å²) in [7, 11) is 3.20. The van der Waals surface area contributed by atoms with E-state index in [0.29, 0.717) is 15.9 Å². The van der Waals surface area contributed by atoms with Gasteiger partial charge in [0.05, 0.1) is 22.9 Å². The first-order valence-electron chi connectivity index (χ1n) is 7.62. The first kappa shape index (κ1) is 18.0. The summed E-state index contributed by atoms with van der Waals surface area (Å²) in [5.41, 5.74) is 1.79. The van der Waals surface area contributed by atoms with Crippen LogP contribution in [0.4, 0.5) is 0 Å². The number of methoxy groups -OCH3 is 1. The molecule has 0 fully saturated rings. The number of carbonyl (C=O) groups excluding carboxylic acids is 2. The highest BCUT2D eigenvalue weighted by Gasteiger charge is 2.10. The molecule has 132 valence electrons.